The van der Waals surface area contributed by atoms with Crippen molar-refractivity contribution in [1.82, 2.24) is 10.2 Å². The van der Waals surface area contributed by atoms with Crippen LogP contribution in [-0.2, 0) is 14.2 Å². The summed E-state index contributed by atoms with van der Waals surface area (Å²) < 4.78 is 15.8. The Morgan fingerprint density at radius 1 is 1.10 bits per heavy atom. The Kier molecular flexibility index (Phi) is 16.0. The number of ether oxygens (including phenoxy) is 3. The van der Waals surface area contributed by atoms with Crippen molar-refractivity contribution in [2.45, 2.75) is 25.9 Å². The Labute approximate surface area is 129 Å². The summed E-state index contributed by atoms with van der Waals surface area (Å²) in [4.78, 5) is 2.19. The summed E-state index contributed by atoms with van der Waals surface area (Å²) in [6.45, 7) is 8.41. The number of aliphatic hydroxyl groups is 1. The normalized spacial score (nSPS) is 13.0. The van der Waals surface area contributed by atoms with Gasteiger partial charge in [0.2, 0.25) is 0 Å². The maximum atomic E-state index is 9.73. The third kappa shape index (κ3) is 16.0. The Morgan fingerprint density at radius 3 is 2.57 bits per heavy atom. The van der Waals surface area contributed by atoms with Crippen molar-refractivity contribution in [1.29, 1.82) is 0 Å². The van der Waals surface area contributed by atoms with Crippen LogP contribution in [0.3, 0.4) is 0 Å². The summed E-state index contributed by atoms with van der Waals surface area (Å²) in [5.41, 5.74) is 0. The van der Waals surface area contributed by atoms with Gasteiger partial charge in [-0.25, -0.2) is 0 Å². The summed E-state index contributed by atoms with van der Waals surface area (Å²) in [6, 6.07) is 0. The number of rotatable bonds is 16. The lowest BCUT2D eigenvalue weighted by Crippen LogP contribution is -2.36. The van der Waals surface area contributed by atoms with Crippen LogP contribution in [0.15, 0.2) is 0 Å². The second-order valence-electron chi connectivity index (χ2n) is 5.19. The first-order chi connectivity index (χ1) is 10.2. The number of hydrogen-bond acceptors (Lipinski definition) is 6. The largest absolute Gasteiger partial charge is 0.389 e. The van der Waals surface area contributed by atoms with E-state index in [9.17, 15) is 5.11 Å². The highest BCUT2D eigenvalue weighted by Gasteiger charge is 2.04. The molecule has 0 spiro atoms. The first-order valence-corrected chi connectivity index (χ1v) is 7.92. The van der Waals surface area contributed by atoms with Crippen LogP contribution >= 0.6 is 0 Å². The predicted octanol–water partition coefficient (Wildman–Crippen LogP) is 0.348. The van der Waals surface area contributed by atoms with E-state index in [0.29, 0.717) is 26.4 Å². The molecule has 0 aliphatic carbocycles. The quantitative estimate of drug-likeness (QED) is 0.401. The smallest absolute Gasteiger partial charge is 0.0897 e. The lowest BCUT2D eigenvalue weighted by atomic mass is 10.3. The van der Waals surface area contributed by atoms with Gasteiger partial charge in [0.15, 0.2) is 0 Å². The van der Waals surface area contributed by atoms with Crippen molar-refractivity contribution in [3.8, 4) is 0 Å². The van der Waals surface area contributed by atoms with E-state index in [1.807, 2.05) is 0 Å². The van der Waals surface area contributed by atoms with Gasteiger partial charge in [-0.1, -0.05) is 13.3 Å². The molecule has 0 saturated carbocycles. The van der Waals surface area contributed by atoms with Gasteiger partial charge in [0, 0.05) is 39.9 Å². The van der Waals surface area contributed by atoms with E-state index in [-0.39, 0.29) is 0 Å². The summed E-state index contributed by atoms with van der Waals surface area (Å²) in [6.07, 6.45) is 1.77. The van der Waals surface area contributed by atoms with Gasteiger partial charge in [-0.3, -0.25) is 0 Å². The highest BCUT2D eigenvalue weighted by molar-refractivity contribution is 4.60. The number of unbranched alkanes of at least 4 members (excludes halogenated alkanes) is 1. The molecule has 0 fully saturated rings. The number of nitrogens with one attached hydrogen (secondary N) is 1. The number of methoxy groups -OCH3 is 1. The minimum absolute atomic E-state index is 0.351. The summed E-state index contributed by atoms with van der Waals surface area (Å²) in [7, 11) is 3.76. The molecule has 6 heteroatoms. The Hall–Kier alpha value is -0.240. The fourth-order valence-electron chi connectivity index (χ4n) is 1.64. The van der Waals surface area contributed by atoms with Crippen LogP contribution < -0.4 is 5.32 Å². The van der Waals surface area contributed by atoms with Gasteiger partial charge in [-0.15, -0.1) is 0 Å². The Morgan fingerprint density at radius 2 is 1.86 bits per heavy atom. The molecule has 0 aliphatic heterocycles. The SMILES string of the molecule is CCCCOCCOCC(O)CNCCN(C)CCOC. The van der Waals surface area contributed by atoms with Crippen molar-refractivity contribution in [2.75, 3.05) is 73.4 Å². The summed E-state index contributed by atoms with van der Waals surface area (Å²) >= 11 is 0. The summed E-state index contributed by atoms with van der Waals surface area (Å²) in [5, 5.41) is 13.0. The molecule has 0 aromatic rings. The average molecular weight is 306 g/mol. The molecule has 1 atom stereocenters. The zero-order valence-corrected chi connectivity index (χ0v) is 14.0. The molecule has 0 radical (unpaired) electrons. The van der Waals surface area contributed by atoms with Gasteiger partial charge < -0.3 is 29.5 Å². The third-order valence-electron chi connectivity index (χ3n) is 3.05. The predicted molar refractivity (Wildman–Crippen MR) is 84.8 cm³/mol. The van der Waals surface area contributed by atoms with Crippen molar-refractivity contribution < 1.29 is 19.3 Å². The van der Waals surface area contributed by atoms with E-state index in [1.165, 1.54) is 0 Å². The van der Waals surface area contributed by atoms with Crippen LogP contribution in [0.4, 0.5) is 0 Å². The number of hydrogen-bond donors (Lipinski definition) is 2. The van der Waals surface area contributed by atoms with Crippen molar-refractivity contribution in [2.24, 2.45) is 0 Å². The molecule has 0 saturated heterocycles. The lowest BCUT2D eigenvalue weighted by Gasteiger charge is -2.17. The standard InChI is InChI=1S/C15H34N2O4/c1-4-5-9-20-11-12-21-14-15(18)13-16-6-7-17(2)8-10-19-3/h15-16,18H,4-14H2,1-3H3. The average Bonchev–Trinajstić information content (AvgIpc) is 2.48. The van der Waals surface area contributed by atoms with E-state index in [2.05, 4.69) is 24.2 Å². The molecular formula is C15H34N2O4. The van der Waals surface area contributed by atoms with Gasteiger partial charge in [0.1, 0.15) is 0 Å². The van der Waals surface area contributed by atoms with Crippen LogP contribution in [0.2, 0.25) is 0 Å². The van der Waals surface area contributed by atoms with E-state index in [1.54, 1.807) is 7.11 Å². The van der Waals surface area contributed by atoms with Gasteiger partial charge in [0.05, 0.1) is 32.5 Å². The Bertz CT molecular complexity index is 208. The van der Waals surface area contributed by atoms with E-state index < -0.39 is 6.10 Å². The number of likely N-dealkylation sites (N-methyl/N-ethyl adjacent to an activating group) is 1. The second kappa shape index (κ2) is 16.1. The topological polar surface area (TPSA) is 63.2 Å². The molecule has 0 bridgehead atoms. The zero-order valence-electron chi connectivity index (χ0n) is 14.0. The van der Waals surface area contributed by atoms with E-state index in [0.717, 1.165) is 45.7 Å². The fourth-order valence-corrected chi connectivity index (χ4v) is 1.64. The van der Waals surface area contributed by atoms with Gasteiger partial charge >= 0.3 is 0 Å². The van der Waals surface area contributed by atoms with Crippen molar-refractivity contribution in [3.63, 3.8) is 0 Å². The maximum Gasteiger partial charge on any atom is 0.0897 e. The molecule has 0 aromatic heterocycles. The minimum atomic E-state index is -0.468. The van der Waals surface area contributed by atoms with Gasteiger partial charge in [0.25, 0.3) is 0 Å². The number of aliphatic hydroxyl groups excluding tert-OH is 1. The van der Waals surface area contributed by atoms with E-state index in [4.69, 9.17) is 14.2 Å². The van der Waals surface area contributed by atoms with Crippen LogP contribution in [0, 0.1) is 0 Å². The van der Waals surface area contributed by atoms with Gasteiger partial charge in [-0.2, -0.15) is 0 Å². The molecule has 2 N–H and O–H groups in total. The first kappa shape index (κ1) is 20.8. The molecule has 0 amide bonds. The van der Waals surface area contributed by atoms with E-state index >= 15 is 0 Å². The molecule has 0 rings (SSSR count). The first-order valence-electron chi connectivity index (χ1n) is 7.92. The van der Waals surface area contributed by atoms with Crippen LogP contribution in [0.5, 0.6) is 0 Å². The molecule has 0 aromatic carbocycles. The van der Waals surface area contributed by atoms with Crippen LogP contribution in [-0.4, -0.2) is 89.5 Å². The monoisotopic (exact) mass is 306 g/mol. The third-order valence-corrected chi connectivity index (χ3v) is 3.05. The molecule has 1 unspecified atom stereocenters. The van der Waals surface area contributed by atoms with Crippen molar-refractivity contribution in [3.05, 3.63) is 0 Å². The maximum absolute atomic E-state index is 9.73. The zero-order chi connectivity index (χ0) is 15.8. The van der Waals surface area contributed by atoms with Crippen LogP contribution in [0.1, 0.15) is 19.8 Å². The number of nitrogens with zero attached hydrogens (tertiary/aromatic N) is 1. The highest BCUT2D eigenvalue weighted by Crippen LogP contribution is 1.89. The highest BCUT2D eigenvalue weighted by atomic mass is 16.5. The van der Waals surface area contributed by atoms with Crippen molar-refractivity contribution >= 4 is 0 Å². The molecule has 0 aliphatic rings. The fraction of sp³-hybridized carbons (Fsp3) is 1.00. The van der Waals surface area contributed by atoms with Gasteiger partial charge in [-0.05, 0) is 13.5 Å². The lowest BCUT2D eigenvalue weighted by molar-refractivity contribution is 0.00386. The molecule has 128 valence electrons. The molecule has 6 nitrogen and oxygen atoms in total. The molecule has 21 heavy (non-hydrogen) atoms. The summed E-state index contributed by atoms with van der Waals surface area (Å²) in [5.74, 6) is 0. The minimum Gasteiger partial charge on any atom is -0.389 e. The molecular weight excluding hydrogens is 272 g/mol. The second-order valence-corrected chi connectivity index (χ2v) is 5.19. The molecule has 0 heterocycles. The Balaban J connectivity index is 3.24. The van der Waals surface area contributed by atoms with Crippen LogP contribution in [0.25, 0.3) is 0 Å².